The standard InChI is InChI=1S/C10H19N7O2/c1-6(2)19-10-15-8(14-9(16-10)17-12)13-5-3-4-7(11)18/h6H,3-5,12H2,1-2H3,(H2,11,18)(H2,13,14,15,16,17). The number of carbonyl (C=O) groups is 1. The highest BCUT2D eigenvalue weighted by molar-refractivity contribution is 5.73. The molecule has 1 aromatic rings. The van der Waals surface area contributed by atoms with Crippen molar-refractivity contribution in [3.05, 3.63) is 0 Å². The molecule has 9 nitrogen and oxygen atoms in total. The van der Waals surface area contributed by atoms with E-state index in [4.69, 9.17) is 16.3 Å². The van der Waals surface area contributed by atoms with Gasteiger partial charge in [0, 0.05) is 13.0 Å². The molecule has 0 spiro atoms. The third-order valence-electron chi connectivity index (χ3n) is 1.97. The minimum absolute atomic E-state index is 0.0595. The number of nitrogens with zero attached hydrogens (tertiary/aromatic N) is 3. The molecular weight excluding hydrogens is 250 g/mol. The molecule has 1 rings (SSSR count). The summed E-state index contributed by atoms with van der Waals surface area (Å²) in [4.78, 5) is 22.6. The van der Waals surface area contributed by atoms with Gasteiger partial charge in [-0.1, -0.05) is 0 Å². The van der Waals surface area contributed by atoms with Gasteiger partial charge in [-0.2, -0.15) is 15.0 Å². The molecule has 0 saturated heterocycles. The van der Waals surface area contributed by atoms with E-state index in [0.29, 0.717) is 25.3 Å². The third-order valence-corrected chi connectivity index (χ3v) is 1.97. The van der Waals surface area contributed by atoms with Gasteiger partial charge in [0.1, 0.15) is 0 Å². The number of primary amides is 1. The fraction of sp³-hybridized carbons (Fsp3) is 0.600. The lowest BCUT2D eigenvalue weighted by Gasteiger charge is -2.10. The van der Waals surface area contributed by atoms with Gasteiger partial charge in [-0.25, -0.2) is 5.84 Å². The minimum atomic E-state index is -0.342. The molecular formula is C10H19N7O2. The molecule has 0 aliphatic heterocycles. The van der Waals surface area contributed by atoms with Gasteiger partial charge in [-0.05, 0) is 20.3 Å². The first-order valence-electron chi connectivity index (χ1n) is 5.92. The van der Waals surface area contributed by atoms with Crippen LogP contribution in [-0.2, 0) is 4.79 Å². The quantitative estimate of drug-likeness (QED) is 0.284. The highest BCUT2D eigenvalue weighted by Gasteiger charge is 2.08. The van der Waals surface area contributed by atoms with E-state index < -0.39 is 0 Å². The summed E-state index contributed by atoms with van der Waals surface area (Å²) in [5.41, 5.74) is 7.38. The van der Waals surface area contributed by atoms with Gasteiger partial charge in [0.25, 0.3) is 0 Å². The SMILES string of the molecule is CC(C)Oc1nc(NN)nc(NCCCC(N)=O)n1. The van der Waals surface area contributed by atoms with Gasteiger partial charge < -0.3 is 15.8 Å². The first kappa shape index (κ1) is 14.9. The Balaban J connectivity index is 2.63. The summed E-state index contributed by atoms with van der Waals surface area (Å²) in [7, 11) is 0. The fourth-order valence-corrected chi connectivity index (χ4v) is 1.23. The zero-order valence-corrected chi connectivity index (χ0v) is 11.0. The summed E-state index contributed by atoms with van der Waals surface area (Å²) in [5, 5.41) is 2.94. The lowest BCUT2D eigenvalue weighted by Crippen LogP contribution is -2.17. The van der Waals surface area contributed by atoms with Gasteiger partial charge in [-0.3, -0.25) is 10.2 Å². The van der Waals surface area contributed by atoms with E-state index in [1.807, 2.05) is 13.8 Å². The van der Waals surface area contributed by atoms with Crippen LogP contribution in [-0.4, -0.2) is 33.5 Å². The molecule has 0 aromatic carbocycles. The van der Waals surface area contributed by atoms with Crippen molar-refractivity contribution in [1.29, 1.82) is 0 Å². The molecule has 9 heteroatoms. The van der Waals surface area contributed by atoms with Crippen molar-refractivity contribution in [1.82, 2.24) is 15.0 Å². The average Bonchev–Trinajstić information content (AvgIpc) is 2.33. The van der Waals surface area contributed by atoms with Crippen LogP contribution in [0.4, 0.5) is 11.9 Å². The number of ether oxygens (including phenoxy) is 1. The molecule has 0 radical (unpaired) electrons. The largest absolute Gasteiger partial charge is 0.461 e. The Hall–Kier alpha value is -2.16. The molecule has 6 N–H and O–H groups in total. The number of aromatic nitrogens is 3. The van der Waals surface area contributed by atoms with Crippen LogP contribution in [0, 0.1) is 0 Å². The maximum atomic E-state index is 10.6. The van der Waals surface area contributed by atoms with Gasteiger partial charge in [0.15, 0.2) is 0 Å². The van der Waals surface area contributed by atoms with Gasteiger partial charge in [0.2, 0.25) is 17.8 Å². The Morgan fingerprint density at radius 3 is 2.58 bits per heavy atom. The van der Waals surface area contributed by atoms with Gasteiger partial charge in [-0.15, -0.1) is 0 Å². The summed E-state index contributed by atoms with van der Waals surface area (Å²) >= 11 is 0. The Bertz CT molecular complexity index is 424. The number of anilines is 2. The highest BCUT2D eigenvalue weighted by atomic mass is 16.5. The average molecular weight is 269 g/mol. The van der Waals surface area contributed by atoms with Crippen molar-refractivity contribution in [3.63, 3.8) is 0 Å². The number of nitrogens with one attached hydrogen (secondary N) is 2. The van der Waals surface area contributed by atoms with Crippen molar-refractivity contribution in [2.45, 2.75) is 32.8 Å². The van der Waals surface area contributed by atoms with E-state index in [1.54, 1.807) is 0 Å². The summed E-state index contributed by atoms with van der Waals surface area (Å²) in [6.45, 7) is 4.23. The monoisotopic (exact) mass is 269 g/mol. The van der Waals surface area contributed by atoms with Crippen LogP contribution in [0.15, 0.2) is 0 Å². The Morgan fingerprint density at radius 2 is 2.00 bits per heavy atom. The molecule has 0 atom stereocenters. The van der Waals surface area contributed by atoms with E-state index >= 15 is 0 Å². The summed E-state index contributed by atoms with van der Waals surface area (Å²) in [6, 6.07) is 0.176. The predicted octanol–water partition coefficient (Wildman–Crippen LogP) is -0.378. The van der Waals surface area contributed by atoms with E-state index in [2.05, 4.69) is 25.7 Å². The molecule has 0 aliphatic rings. The zero-order valence-electron chi connectivity index (χ0n) is 11.0. The van der Waals surface area contributed by atoms with Crippen molar-refractivity contribution in [2.24, 2.45) is 11.6 Å². The van der Waals surface area contributed by atoms with Crippen LogP contribution in [0.25, 0.3) is 0 Å². The molecule has 0 fully saturated rings. The van der Waals surface area contributed by atoms with Crippen molar-refractivity contribution >= 4 is 17.8 Å². The zero-order chi connectivity index (χ0) is 14.3. The Labute approximate surface area is 111 Å². The molecule has 106 valence electrons. The minimum Gasteiger partial charge on any atom is -0.461 e. The van der Waals surface area contributed by atoms with E-state index in [-0.39, 0.29) is 24.0 Å². The number of nitrogens with two attached hydrogens (primary N) is 2. The van der Waals surface area contributed by atoms with Gasteiger partial charge in [0.05, 0.1) is 6.10 Å². The molecule has 1 amide bonds. The predicted molar refractivity (Wildman–Crippen MR) is 70.3 cm³/mol. The number of amides is 1. The molecule has 0 aliphatic carbocycles. The number of rotatable bonds is 8. The van der Waals surface area contributed by atoms with Crippen molar-refractivity contribution in [3.8, 4) is 6.01 Å². The molecule has 1 aromatic heterocycles. The lowest BCUT2D eigenvalue weighted by atomic mass is 10.3. The van der Waals surface area contributed by atoms with E-state index in [0.717, 1.165) is 0 Å². The van der Waals surface area contributed by atoms with Crippen molar-refractivity contribution < 1.29 is 9.53 Å². The topological polar surface area (TPSA) is 141 Å². The second-order valence-electron chi connectivity index (χ2n) is 4.07. The summed E-state index contributed by atoms with van der Waals surface area (Å²) in [5.74, 6) is 5.44. The molecule has 0 saturated carbocycles. The number of hydrazine groups is 1. The summed E-state index contributed by atoms with van der Waals surface area (Å²) in [6.07, 6.45) is 0.832. The third kappa shape index (κ3) is 5.82. The highest BCUT2D eigenvalue weighted by Crippen LogP contribution is 2.11. The molecule has 0 bridgehead atoms. The number of carbonyl (C=O) groups excluding carboxylic acids is 1. The van der Waals surface area contributed by atoms with Crippen molar-refractivity contribution in [2.75, 3.05) is 17.3 Å². The fourth-order valence-electron chi connectivity index (χ4n) is 1.23. The van der Waals surface area contributed by atoms with Crippen LogP contribution in [0.5, 0.6) is 6.01 Å². The Morgan fingerprint density at radius 1 is 1.32 bits per heavy atom. The lowest BCUT2D eigenvalue weighted by molar-refractivity contribution is -0.118. The first-order chi connectivity index (χ1) is 9.01. The van der Waals surface area contributed by atoms with Crippen LogP contribution < -0.4 is 27.1 Å². The van der Waals surface area contributed by atoms with Crippen LogP contribution >= 0.6 is 0 Å². The number of hydrogen-bond donors (Lipinski definition) is 4. The number of hydrogen-bond acceptors (Lipinski definition) is 8. The maximum absolute atomic E-state index is 10.6. The second-order valence-corrected chi connectivity index (χ2v) is 4.07. The second kappa shape index (κ2) is 7.31. The Kier molecular flexibility index (Phi) is 5.73. The smallest absolute Gasteiger partial charge is 0.323 e. The van der Waals surface area contributed by atoms with Gasteiger partial charge >= 0.3 is 6.01 Å². The van der Waals surface area contributed by atoms with Crippen LogP contribution in [0.2, 0.25) is 0 Å². The summed E-state index contributed by atoms with van der Waals surface area (Å²) < 4.78 is 5.37. The number of nitrogen functional groups attached to an aromatic ring is 1. The molecule has 1 heterocycles. The normalized spacial score (nSPS) is 10.3. The van der Waals surface area contributed by atoms with E-state index in [9.17, 15) is 4.79 Å². The molecule has 0 unspecified atom stereocenters. The first-order valence-corrected chi connectivity index (χ1v) is 5.92. The van der Waals surface area contributed by atoms with Crippen LogP contribution in [0.3, 0.4) is 0 Å². The van der Waals surface area contributed by atoms with E-state index in [1.165, 1.54) is 0 Å². The molecule has 19 heavy (non-hydrogen) atoms. The maximum Gasteiger partial charge on any atom is 0.323 e. The van der Waals surface area contributed by atoms with Crippen LogP contribution in [0.1, 0.15) is 26.7 Å².